The summed E-state index contributed by atoms with van der Waals surface area (Å²) < 4.78 is 0. The number of hydrogen-bond acceptors (Lipinski definition) is 5. The van der Waals surface area contributed by atoms with Gasteiger partial charge in [-0.25, -0.2) is 4.98 Å². The van der Waals surface area contributed by atoms with E-state index in [1.54, 1.807) is 11.3 Å². The number of thiazole rings is 1. The van der Waals surface area contributed by atoms with Crippen LogP contribution >= 0.6 is 11.3 Å². The van der Waals surface area contributed by atoms with Gasteiger partial charge in [-0.1, -0.05) is 6.92 Å². The van der Waals surface area contributed by atoms with E-state index in [0.717, 1.165) is 31.2 Å². The number of nitrogens with zero attached hydrogens (tertiary/aromatic N) is 2. The number of aliphatic hydroxyl groups is 1. The van der Waals surface area contributed by atoms with Crippen molar-refractivity contribution in [1.82, 2.24) is 10.3 Å². The summed E-state index contributed by atoms with van der Waals surface area (Å²) in [6, 6.07) is 0.189. The molecule has 98 valence electrons. The number of aromatic nitrogens is 1. The molecule has 0 bridgehead atoms. The van der Waals surface area contributed by atoms with Gasteiger partial charge in [-0.2, -0.15) is 0 Å². The summed E-state index contributed by atoms with van der Waals surface area (Å²) in [5, 5.41) is 13.5. The van der Waals surface area contributed by atoms with Crippen molar-refractivity contribution in [3.8, 4) is 0 Å². The van der Waals surface area contributed by atoms with Crippen molar-refractivity contribution >= 4 is 16.5 Å². The topological polar surface area (TPSA) is 48.4 Å². The van der Waals surface area contributed by atoms with Crippen molar-refractivity contribution in [3.05, 3.63) is 11.1 Å². The zero-order valence-corrected chi connectivity index (χ0v) is 11.8. The normalized spacial score (nSPS) is 12.7. The molecule has 1 atom stereocenters. The van der Waals surface area contributed by atoms with Gasteiger partial charge < -0.3 is 15.3 Å². The predicted molar refractivity (Wildman–Crippen MR) is 73.7 cm³/mol. The van der Waals surface area contributed by atoms with Crippen molar-refractivity contribution in [2.45, 2.75) is 39.8 Å². The molecule has 0 aliphatic heterocycles. The molecule has 0 saturated carbocycles. The zero-order valence-electron chi connectivity index (χ0n) is 10.9. The van der Waals surface area contributed by atoms with Crippen LogP contribution in [-0.4, -0.2) is 35.8 Å². The molecule has 0 unspecified atom stereocenters. The van der Waals surface area contributed by atoms with E-state index < -0.39 is 0 Å². The number of aliphatic hydroxyl groups excluding tert-OH is 1. The molecule has 17 heavy (non-hydrogen) atoms. The first-order valence-corrected chi connectivity index (χ1v) is 7.10. The average molecular weight is 257 g/mol. The molecule has 2 N–H and O–H groups in total. The molecular formula is C12H23N3OS. The highest BCUT2D eigenvalue weighted by molar-refractivity contribution is 7.15. The van der Waals surface area contributed by atoms with Gasteiger partial charge in [0, 0.05) is 36.8 Å². The van der Waals surface area contributed by atoms with E-state index in [2.05, 4.69) is 36.0 Å². The summed E-state index contributed by atoms with van der Waals surface area (Å²) in [6.07, 6.45) is 2.87. The minimum absolute atomic E-state index is 0.189. The van der Waals surface area contributed by atoms with Gasteiger partial charge >= 0.3 is 0 Å². The second kappa shape index (κ2) is 7.63. The summed E-state index contributed by atoms with van der Waals surface area (Å²) in [7, 11) is 0. The average Bonchev–Trinajstić information content (AvgIpc) is 2.81. The van der Waals surface area contributed by atoms with E-state index in [0.29, 0.717) is 0 Å². The van der Waals surface area contributed by atoms with Gasteiger partial charge in [0.2, 0.25) is 0 Å². The summed E-state index contributed by atoms with van der Waals surface area (Å²) in [5.41, 5.74) is 0. The van der Waals surface area contributed by atoms with E-state index in [9.17, 15) is 0 Å². The molecule has 0 spiro atoms. The molecule has 1 aromatic heterocycles. The second-order valence-corrected chi connectivity index (χ2v) is 5.04. The van der Waals surface area contributed by atoms with Gasteiger partial charge in [-0.05, 0) is 20.3 Å². The molecule has 0 amide bonds. The third-order valence-corrected chi connectivity index (χ3v) is 3.91. The Morgan fingerprint density at radius 2 is 2.12 bits per heavy atom. The predicted octanol–water partition coefficient (Wildman–Crippen LogP) is 1.85. The van der Waals surface area contributed by atoms with Crippen LogP contribution in [0.2, 0.25) is 0 Å². The molecule has 0 aliphatic carbocycles. The molecule has 0 aromatic carbocycles. The molecule has 0 saturated heterocycles. The van der Waals surface area contributed by atoms with Crippen LogP contribution in [0.15, 0.2) is 6.20 Å². The third kappa shape index (κ3) is 4.26. The monoisotopic (exact) mass is 257 g/mol. The van der Waals surface area contributed by atoms with Crippen LogP contribution in [-0.2, 0) is 6.54 Å². The fourth-order valence-corrected chi connectivity index (χ4v) is 2.59. The number of nitrogens with one attached hydrogen (secondary N) is 1. The smallest absolute Gasteiger partial charge is 0.185 e. The van der Waals surface area contributed by atoms with Crippen LogP contribution < -0.4 is 10.2 Å². The van der Waals surface area contributed by atoms with Crippen LogP contribution in [0.3, 0.4) is 0 Å². The first-order chi connectivity index (χ1) is 8.24. The second-order valence-electron chi connectivity index (χ2n) is 3.95. The molecule has 1 rings (SSSR count). The van der Waals surface area contributed by atoms with Crippen LogP contribution in [0.25, 0.3) is 0 Å². The van der Waals surface area contributed by atoms with Gasteiger partial charge in [0.25, 0.3) is 0 Å². The lowest BCUT2D eigenvalue weighted by atomic mass is 10.2. The highest BCUT2D eigenvalue weighted by atomic mass is 32.1. The standard InChI is InChI=1S/C12H23N3OS/c1-4-10(9-16)13-7-11-8-14-12(17-11)15(5-2)6-3/h8,10,13,16H,4-7,9H2,1-3H3/t10-/m1/s1. The molecule has 1 aromatic rings. The first-order valence-electron chi connectivity index (χ1n) is 6.28. The Kier molecular flexibility index (Phi) is 6.47. The Hall–Kier alpha value is -0.650. The number of anilines is 1. The molecule has 0 radical (unpaired) electrons. The van der Waals surface area contributed by atoms with Crippen molar-refractivity contribution in [2.75, 3.05) is 24.6 Å². The van der Waals surface area contributed by atoms with E-state index >= 15 is 0 Å². The highest BCUT2D eigenvalue weighted by Gasteiger charge is 2.09. The maximum atomic E-state index is 9.09. The Morgan fingerprint density at radius 3 is 2.65 bits per heavy atom. The Balaban J connectivity index is 2.50. The maximum Gasteiger partial charge on any atom is 0.185 e. The maximum absolute atomic E-state index is 9.09. The fourth-order valence-electron chi connectivity index (χ4n) is 1.60. The van der Waals surface area contributed by atoms with Crippen LogP contribution in [0.5, 0.6) is 0 Å². The van der Waals surface area contributed by atoms with Gasteiger partial charge in [-0.15, -0.1) is 11.3 Å². The molecule has 1 heterocycles. The molecule has 4 nitrogen and oxygen atoms in total. The van der Waals surface area contributed by atoms with E-state index in [4.69, 9.17) is 5.11 Å². The van der Waals surface area contributed by atoms with Crippen LogP contribution in [0.4, 0.5) is 5.13 Å². The molecule has 0 aliphatic rings. The number of hydrogen-bond donors (Lipinski definition) is 2. The minimum Gasteiger partial charge on any atom is -0.395 e. The number of rotatable bonds is 8. The lowest BCUT2D eigenvalue weighted by Gasteiger charge is -2.16. The molecular weight excluding hydrogens is 234 g/mol. The fraction of sp³-hybridized carbons (Fsp3) is 0.750. The van der Waals surface area contributed by atoms with Gasteiger partial charge in [0.05, 0.1) is 6.61 Å². The van der Waals surface area contributed by atoms with Crippen molar-refractivity contribution in [3.63, 3.8) is 0 Å². The van der Waals surface area contributed by atoms with Gasteiger partial charge in [0.1, 0.15) is 0 Å². The van der Waals surface area contributed by atoms with Gasteiger partial charge in [0.15, 0.2) is 5.13 Å². The quantitative estimate of drug-likeness (QED) is 0.746. The zero-order chi connectivity index (χ0) is 12.7. The summed E-state index contributed by atoms with van der Waals surface area (Å²) in [6.45, 7) is 9.32. The van der Waals surface area contributed by atoms with E-state index in [1.165, 1.54) is 4.88 Å². The SMILES string of the molecule is CC[C@H](CO)NCc1cnc(N(CC)CC)s1. The lowest BCUT2D eigenvalue weighted by molar-refractivity contribution is 0.238. The minimum atomic E-state index is 0.189. The third-order valence-electron chi connectivity index (χ3n) is 2.85. The summed E-state index contributed by atoms with van der Waals surface area (Å²) in [5.74, 6) is 0. The summed E-state index contributed by atoms with van der Waals surface area (Å²) >= 11 is 1.72. The lowest BCUT2D eigenvalue weighted by Crippen LogP contribution is -2.30. The van der Waals surface area contributed by atoms with E-state index in [1.807, 2.05) is 6.20 Å². The van der Waals surface area contributed by atoms with Crippen molar-refractivity contribution in [1.29, 1.82) is 0 Å². The van der Waals surface area contributed by atoms with Crippen LogP contribution in [0, 0.1) is 0 Å². The Bertz CT molecular complexity index is 308. The molecule has 5 heteroatoms. The molecule has 0 fully saturated rings. The van der Waals surface area contributed by atoms with Crippen molar-refractivity contribution < 1.29 is 5.11 Å². The van der Waals surface area contributed by atoms with Crippen molar-refractivity contribution in [2.24, 2.45) is 0 Å². The highest BCUT2D eigenvalue weighted by Crippen LogP contribution is 2.22. The van der Waals surface area contributed by atoms with Crippen LogP contribution in [0.1, 0.15) is 32.1 Å². The Labute approximate surface area is 108 Å². The van der Waals surface area contributed by atoms with Gasteiger partial charge in [-0.3, -0.25) is 0 Å². The summed E-state index contributed by atoms with van der Waals surface area (Å²) in [4.78, 5) is 7.90. The Morgan fingerprint density at radius 1 is 1.41 bits per heavy atom. The first kappa shape index (κ1) is 14.4. The van der Waals surface area contributed by atoms with E-state index in [-0.39, 0.29) is 12.6 Å². The largest absolute Gasteiger partial charge is 0.395 e.